The van der Waals surface area contributed by atoms with Crippen LogP contribution in [0.4, 0.5) is 0 Å². The first kappa shape index (κ1) is 21.4. The number of hydrogen-bond donors (Lipinski definition) is 2. The summed E-state index contributed by atoms with van der Waals surface area (Å²) in [6.07, 6.45) is 0.650. The second-order valence-corrected chi connectivity index (χ2v) is 8.32. The van der Waals surface area contributed by atoms with Crippen LogP contribution in [0.5, 0.6) is 0 Å². The molecule has 0 unspecified atom stereocenters. The van der Waals surface area contributed by atoms with Gasteiger partial charge in [-0.15, -0.1) is 0 Å². The van der Waals surface area contributed by atoms with Crippen molar-refractivity contribution in [2.45, 2.75) is 12.5 Å². The van der Waals surface area contributed by atoms with E-state index in [9.17, 15) is 19.5 Å². The van der Waals surface area contributed by atoms with E-state index in [1.165, 1.54) is 6.08 Å². The van der Waals surface area contributed by atoms with Crippen LogP contribution in [0.1, 0.15) is 12.2 Å². The van der Waals surface area contributed by atoms with E-state index in [0.29, 0.717) is 27.1 Å². The summed E-state index contributed by atoms with van der Waals surface area (Å²) < 4.78 is 5.67. The van der Waals surface area contributed by atoms with Gasteiger partial charge in [-0.25, -0.2) is 4.79 Å². The van der Waals surface area contributed by atoms with E-state index >= 15 is 0 Å². The Morgan fingerprint density at radius 1 is 1.21 bits per heavy atom. The highest BCUT2D eigenvalue weighted by Crippen LogP contribution is 2.36. The molecule has 0 aliphatic carbocycles. The minimum atomic E-state index is -1.59. The molecule has 1 aromatic carbocycles. The van der Waals surface area contributed by atoms with Gasteiger partial charge >= 0.3 is 11.9 Å². The lowest BCUT2D eigenvalue weighted by Gasteiger charge is -2.21. The van der Waals surface area contributed by atoms with Crippen LogP contribution in [0, 0.1) is 0 Å². The zero-order valence-corrected chi connectivity index (χ0v) is 17.4. The Kier molecular flexibility index (Phi) is 6.33. The first-order chi connectivity index (χ1) is 13.7. The molecule has 1 aliphatic heterocycles. The molecule has 1 aliphatic rings. The zero-order chi connectivity index (χ0) is 21.3. The number of amides is 1. The average Bonchev–Trinajstić information content (AvgIpc) is 3.20. The molecule has 0 radical (unpaired) electrons. The quantitative estimate of drug-likeness (QED) is 0.471. The van der Waals surface area contributed by atoms with Gasteiger partial charge in [0.15, 0.2) is 0 Å². The fourth-order valence-electron chi connectivity index (χ4n) is 2.57. The van der Waals surface area contributed by atoms with Crippen molar-refractivity contribution in [3.05, 3.63) is 51.0 Å². The van der Waals surface area contributed by atoms with Gasteiger partial charge in [-0.2, -0.15) is 0 Å². The summed E-state index contributed by atoms with van der Waals surface area (Å²) in [6, 6.07) is 6.69. The van der Waals surface area contributed by atoms with Gasteiger partial charge in [-0.3, -0.25) is 14.5 Å². The first-order valence-electron chi connectivity index (χ1n) is 7.94. The highest BCUT2D eigenvalue weighted by molar-refractivity contribution is 8.26. The van der Waals surface area contributed by atoms with Crippen molar-refractivity contribution in [1.29, 1.82) is 0 Å². The molecular formula is C18H11Cl2NO6S2. The molecule has 2 heterocycles. The van der Waals surface area contributed by atoms with E-state index in [-0.39, 0.29) is 9.23 Å². The van der Waals surface area contributed by atoms with Crippen molar-refractivity contribution in [2.75, 3.05) is 0 Å². The minimum Gasteiger partial charge on any atom is -0.481 e. The number of rotatable bonds is 6. The van der Waals surface area contributed by atoms with E-state index in [2.05, 4.69) is 0 Å². The normalized spacial score (nSPS) is 16.5. The Bertz CT molecular complexity index is 1060. The molecule has 1 fully saturated rings. The van der Waals surface area contributed by atoms with Crippen LogP contribution in [0.15, 0.2) is 39.7 Å². The maximum atomic E-state index is 12.6. The number of carboxylic acid groups (broad SMARTS) is 2. The molecule has 2 aromatic rings. The number of benzene rings is 1. The second kappa shape index (κ2) is 8.58. The summed E-state index contributed by atoms with van der Waals surface area (Å²) in [5, 5.41) is 19.0. The van der Waals surface area contributed by atoms with Crippen LogP contribution < -0.4 is 0 Å². The molecule has 7 nitrogen and oxygen atoms in total. The lowest BCUT2D eigenvalue weighted by atomic mass is 10.2. The van der Waals surface area contributed by atoms with Gasteiger partial charge in [0.05, 0.1) is 21.4 Å². The fourth-order valence-corrected chi connectivity index (χ4v) is 4.20. The summed E-state index contributed by atoms with van der Waals surface area (Å²) in [4.78, 5) is 35.9. The van der Waals surface area contributed by atoms with Crippen LogP contribution >= 0.6 is 47.2 Å². The molecule has 0 saturated carbocycles. The van der Waals surface area contributed by atoms with Crippen molar-refractivity contribution in [3.8, 4) is 11.3 Å². The van der Waals surface area contributed by atoms with Crippen LogP contribution in [-0.4, -0.2) is 43.3 Å². The zero-order valence-electron chi connectivity index (χ0n) is 14.3. The summed E-state index contributed by atoms with van der Waals surface area (Å²) in [7, 11) is 0. The van der Waals surface area contributed by atoms with Gasteiger partial charge in [-0.1, -0.05) is 47.2 Å². The first-order valence-corrected chi connectivity index (χ1v) is 9.92. The predicted molar refractivity (Wildman–Crippen MR) is 113 cm³/mol. The Balaban J connectivity index is 1.86. The average molecular weight is 472 g/mol. The number of furan rings is 1. The van der Waals surface area contributed by atoms with Gasteiger partial charge in [-0.05, 0) is 30.3 Å². The summed E-state index contributed by atoms with van der Waals surface area (Å²) >= 11 is 17.9. The monoisotopic (exact) mass is 471 g/mol. The molecule has 1 amide bonds. The molecule has 11 heteroatoms. The highest BCUT2D eigenvalue weighted by atomic mass is 35.5. The number of thioether (sulfide) groups is 1. The summed E-state index contributed by atoms with van der Waals surface area (Å²) in [5.74, 6) is -2.69. The molecular weight excluding hydrogens is 461 g/mol. The van der Waals surface area contributed by atoms with E-state index in [4.69, 9.17) is 44.9 Å². The van der Waals surface area contributed by atoms with E-state index in [0.717, 1.165) is 16.7 Å². The van der Waals surface area contributed by atoms with Crippen LogP contribution in [0.25, 0.3) is 17.4 Å². The number of aliphatic carboxylic acids is 2. The third-order valence-corrected chi connectivity index (χ3v) is 5.96. The molecule has 29 heavy (non-hydrogen) atoms. The maximum absolute atomic E-state index is 12.6. The summed E-state index contributed by atoms with van der Waals surface area (Å²) in [6.45, 7) is 0. The predicted octanol–water partition coefficient (Wildman–Crippen LogP) is 4.38. The largest absolute Gasteiger partial charge is 0.481 e. The third kappa shape index (κ3) is 4.64. The van der Waals surface area contributed by atoms with E-state index in [1.54, 1.807) is 30.3 Å². The third-order valence-electron chi connectivity index (χ3n) is 3.89. The Hall–Kier alpha value is -2.33. The van der Waals surface area contributed by atoms with Gasteiger partial charge in [0.25, 0.3) is 5.91 Å². The highest BCUT2D eigenvalue weighted by Gasteiger charge is 2.41. The molecule has 1 atom stereocenters. The number of nitrogens with zero attached hydrogens (tertiary/aromatic N) is 1. The standard InChI is InChI=1S/C18H11Cl2NO6S2/c19-10-3-1-8(5-11(10)20)13-4-2-9(27-13)6-14-16(24)21(18(28)29-14)12(17(25)26)7-15(22)23/h1-6,12H,7H2,(H,22,23)(H,25,26)/b14-6+/t12-/m0/s1. The topological polar surface area (TPSA) is 108 Å². The van der Waals surface area contributed by atoms with Crippen molar-refractivity contribution >= 4 is 75.4 Å². The number of carbonyl (C=O) groups excluding carboxylic acids is 1. The van der Waals surface area contributed by atoms with E-state index < -0.39 is 30.3 Å². The number of halogens is 2. The van der Waals surface area contributed by atoms with Crippen molar-refractivity contribution in [2.24, 2.45) is 0 Å². The molecule has 3 rings (SSSR count). The number of thiocarbonyl (C=S) groups is 1. The van der Waals surface area contributed by atoms with Crippen LogP contribution in [0.2, 0.25) is 10.0 Å². The molecule has 150 valence electrons. The smallest absolute Gasteiger partial charge is 0.327 e. The minimum absolute atomic E-state index is 0.0360. The molecule has 1 aromatic heterocycles. The molecule has 2 N–H and O–H groups in total. The molecule has 0 spiro atoms. The SMILES string of the molecule is O=C(O)C[C@@H](C(=O)O)N1C(=O)/C(=C\c2ccc(-c3ccc(Cl)c(Cl)c3)o2)SC1=S. The lowest BCUT2D eigenvalue weighted by Crippen LogP contribution is -2.45. The van der Waals surface area contributed by atoms with Gasteiger partial charge in [0.1, 0.15) is 21.9 Å². The second-order valence-electron chi connectivity index (χ2n) is 5.83. The molecule has 1 saturated heterocycles. The van der Waals surface area contributed by atoms with Gasteiger partial charge in [0.2, 0.25) is 0 Å². The fraction of sp³-hybridized carbons (Fsp3) is 0.111. The summed E-state index contributed by atoms with van der Waals surface area (Å²) in [5.41, 5.74) is 0.680. The Labute approximate surface area is 183 Å². The van der Waals surface area contributed by atoms with Crippen LogP contribution in [0.3, 0.4) is 0 Å². The number of carboxylic acids is 2. The number of carbonyl (C=O) groups is 3. The molecule has 0 bridgehead atoms. The Morgan fingerprint density at radius 2 is 1.93 bits per heavy atom. The Morgan fingerprint density at radius 3 is 2.55 bits per heavy atom. The van der Waals surface area contributed by atoms with E-state index in [1.807, 2.05) is 0 Å². The van der Waals surface area contributed by atoms with Gasteiger partial charge < -0.3 is 14.6 Å². The van der Waals surface area contributed by atoms with Crippen molar-refractivity contribution in [3.63, 3.8) is 0 Å². The maximum Gasteiger partial charge on any atom is 0.327 e. The van der Waals surface area contributed by atoms with Crippen molar-refractivity contribution in [1.82, 2.24) is 4.90 Å². The van der Waals surface area contributed by atoms with Crippen molar-refractivity contribution < 1.29 is 29.0 Å². The lowest BCUT2D eigenvalue weighted by molar-refractivity contribution is -0.150. The number of hydrogen-bond acceptors (Lipinski definition) is 6. The van der Waals surface area contributed by atoms with Gasteiger partial charge in [0, 0.05) is 11.6 Å². The van der Waals surface area contributed by atoms with Crippen LogP contribution in [-0.2, 0) is 14.4 Å².